The van der Waals surface area contributed by atoms with Crippen molar-refractivity contribution in [3.05, 3.63) is 0 Å². The summed E-state index contributed by atoms with van der Waals surface area (Å²) in [6, 6.07) is 1.08. The van der Waals surface area contributed by atoms with Crippen molar-refractivity contribution in [2.24, 2.45) is 0 Å². The van der Waals surface area contributed by atoms with Gasteiger partial charge in [-0.25, -0.2) is 4.79 Å². The first-order valence-electron chi connectivity index (χ1n) is 8.76. The van der Waals surface area contributed by atoms with Crippen LogP contribution in [0, 0.1) is 0 Å². The minimum atomic E-state index is -0.415. The van der Waals surface area contributed by atoms with E-state index >= 15 is 0 Å². The molecule has 0 aromatic carbocycles. The SMILES string of the molecule is CC(C)(C)OC(=O)N1CCCC(NC2CCCOCC2)CC1. The normalized spacial score (nSPS) is 27.9. The van der Waals surface area contributed by atoms with Gasteiger partial charge in [-0.05, 0) is 59.3 Å². The van der Waals surface area contributed by atoms with E-state index in [0.29, 0.717) is 12.1 Å². The molecule has 0 aromatic rings. The number of nitrogens with one attached hydrogen (secondary N) is 1. The average molecular weight is 312 g/mol. The van der Waals surface area contributed by atoms with Gasteiger partial charge < -0.3 is 19.7 Å². The molecule has 128 valence electrons. The van der Waals surface area contributed by atoms with Crippen LogP contribution < -0.4 is 5.32 Å². The van der Waals surface area contributed by atoms with Crippen LogP contribution in [0.3, 0.4) is 0 Å². The van der Waals surface area contributed by atoms with Crippen molar-refractivity contribution in [2.75, 3.05) is 26.3 Å². The summed E-state index contributed by atoms with van der Waals surface area (Å²) in [6.07, 6.45) is 6.47. The minimum Gasteiger partial charge on any atom is -0.444 e. The zero-order valence-corrected chi connectivity index (χ0v) is 14.4. The van der Waals surface area contributed by atoms with E-state index in [4.69, 9.17) is 9.47 Å². The van der Waals surface area contributed by atoms with Crippen LogP contribution in [0.1, 0.15) is 59.3 Å². The first kappa shape index (κ1) is 17.5. The molecule has 0 aliphatic carbocycles. The van der Waals surface area contributed by atoms with Crippen LogP contribution in [-0.4, -0.2) is 55.0 Å². The smallest absolute Gasteiger partial charge is 0.410 e. The lowest BCUT2D eigenvalue weighted by Crippen LogP contribution is -2.40. The first-order valence-corrected chi connectivity index (χ1v) is 8.76. The van der Waals surface area contributed by atoms with E-state index in [1.54, 1.807) is 0 Å². The van der Waals surface area contributed by atoms with Gasteiger partial charge in [-0.1, -0.05) is 0 Å². The Morgan fingerprint density at radius 2 is 1.77 bits per heavy atom. The molecule has 2 rings (SSSR count). The van der Waals surface area contributed by atoms with Gasteiger partial charge >= 0.3 is 6.09 Å². The fraction of sp³-hybridized carbons (Fsp3) is 0.941. The van der Waals surface area contributed by atoms with E-state index in [1.807, 2.05) is 25.7 Å². The Kier molecular flexibility index (Phi) is 6.50. The molecule has 0 spiro atoms. The number of nitrogens with zero attached hydrogens (tertiary/aromatic N) is 1. The number of likely N-dealkylation sites (tertiary alicyclic amines) is 1. The summed E-state index contributed by atoms with van der Waals surface area (Å²) < 4.78 is 11.0. The molecule has 2 unspecified atom stereocenters. The largest absolute Gasteiger partial charge is 0.444 e. The zero-order valence-electron chi connectivity index (χ0n) is 14.4. The van der Waals surface area contributed by atoms with Crippen LogP contribution >= 0.6 is 0 Å². The fourth-order valence-electron chi connectivity index (χ4n) is 3.18. The molecule has 1 amide bonds. The highest BCUT2D eigenvalue weighted by atomic mass is 16.6. The van der Waals surface area contributed by atoms with Crippen LogP contribution in [0.5, 0.6) is 0 Å². The highest BCUT2D eigenvalue weighted by Crippen LogP contribution is 2.17. The predicted molar refractivity (Wildman–Crippen MR) is 87.0 cm³/mol. The van der Waals surface area contributed by atoms with Gasteiger partial charge in [0.25, 0.3) is 0 Å². The second-order valence-electron chi connectivity index (χ2n) is 7.50. The van der Waals surface area contributed by atoms with Gasteiger partial charge in [0.1, 0.15) is 5.60 Å². The number of hydrogen-bond donors (Lipinski definition) is 1. The average Bonchev–Trinajstić information content (AvgIpc) is 2.80. The van der Waals surface area contributed by atoms with Crippen LogP contribution in [0.15, 0.2) is 0 Å². The monoisotopic (exact) mass is 312 g/mol. The molecule has 2 heterocycles. The molecule has 5 nitrogen and oxygen atoms in total. The molecule has 0 bridgehead atoms. The molecular weight excluding hydrogens is 280 g/mol. The van der Waals surface area contributed by atoms with Gasteiger partial charge in [-0.15, -0.1) is 0 Å². The molecule has 0 radical (unpaired) electrons. The second-order valence-corrected chi connectivity index (χ2v) is 7.50. The number of ether oxygens (including phenoxy) is 2. The molecule has 1 N–H and O–H groups in total. The molecule has 2 aliphatic heterocycles. The Hall–Kier alpha value is -0.810. The molecule has 2 saturated heterocycles. The van der Waals surface area contributed by atoms with Gasteiger partial charge in [0.2, 0.25) is 0 Å². The van der Waals surface area contributed by atoms with Gasteiger partial charge in [-0.3, -0.25) is 0 Å². The van der Waals surface area contributed by atoms with Gasteiger partial charge in [0.05, 0.1) is 0 Å². The summed E-state index contributed by atoms with van der Waals surface area (Å²) in [7, 11) is 0. The van der Waals surface area contributed by atoms with Crippen LogP contribution in [-0.2, 0) is 9.47 Å². The maximum Gasteiger partial charge on any atom is 0.410 e. The zero-order chi connectivity index (χ0) is 16.0. The van der Waals surface area contributed by atoms with Crippen LogP contribution in [0.2, 0.25) is 0 Å². The maximum absolute atomic E-state index is 12.2. The lowest BCUT2D eigenvalue weighted by molar-refractivity contribution is 0.0256. The van der Waals surface area contributed by atoms with E-state index < -0.39 is 5.60 Å². The Balaban J connectivity index is 1.78. The summed E-state index contributed by atoms with van der Waals surface area (Å²) in [5.41, 5.74) is -0.415. The molecule has 2 atom stereocenters. The minimum absolute atomic E-state index is 0.170. The van der Waals surface area contributed by atoms with E-state index in [9.17, 15) is 4.79 Å². The third-order valence-corrected chi connectivity index (χ3v) is 4.30. The van der Waals surface area contributed by atoms with E-state index in [1.165, 1.54) is 6.42 Å². The number of carbonyl (C=O) groups excluding carboxylic acids is 1. The van der Waals surface area contributed by atoms with Gasteiger partial charge in [0.15, 0.2) is 0 Å². The van der Waals surface area contributed by atoms with Crippen LogP contribution in [0.25, 0.3) is 0 Å². The summed E-state index contributed by atoms with van der Waals surface area (Å²) >= 11 is 0. The molecular formula is C17H32N2O3. The van der Waals surface area contributed by atoms with Crippen molar-refractivity contribution in [2.45, 2.75) is 77.0 Å². The highest BCUT2D eigenvalue weighted by molar-refractivity contribution is 5.68. The fourth-order valence-corrected chi connectivity index (χ4v) is 3.18. The molecule has 0 saturated carbocycles. The van der Waals surface area contributed by atoms with Crippen molar-refractivity contribution in [3.8, 4) is 0 Å². The summed E-state index contributed by atoms with van der Waals surface area (Å²) in [5.74, 6) is 0. The van der Waals surface area contributed by atoms with E-state index in [2.05, 4.69) is 5.32 Å². The Morgan fingerprint density at radius 3 is 2.55 bits per heavy atom. The molecule has 0 aromatic heterocycles. The predicted octanol–water partition coefficient (Wildman–Crippen LogP) is 2.93. The first-order chi connectivity index (χ1) is 10.4. The van der Waals surface area contributed by atoms with Crippen molar-refractivity contribution < 1.29 is 14.3 Å². The van der Waals surface area contributed by atoms with Crippen molar-refractivity contribution in [3.63, 3.8) is 0 Å². The van der Waals surface area contributed by atoms with E-state index in [-0.39, 0.29) is 6.09 Å². The van der Waals surface area contributed by atoms with Crippen molar-refractivity contribution >= 4 is 6.09 Å². The molecule has 22 heavy (non-hydrogen) atoms. The van der Waals surface area contributed by atoms with Gasteiger partial charge in [-0.2, -0.15) is 0 Å². The maximum atomic E-state index is 12.2. The van der Waals surface area contributed by atoms with Crippen molar-refractivity contribution in [1.82, 2.24) is 10.2 Å². The van der Waals surface area contributed by atoms with Gasteiger partial charge in [0, 0.05) is 38.4 Å². The summed E-state index contributed by atoms with van der Waals surface area (Å²) in [6.45, 7) is 9.12. The van der Waals surface area contributed by atoms with Crippen LogP contribution in [0.4, 0.5) is 4.79 Å². The standard InChI is InChI=1S/C17H32N2O3/c1-17(2,3)22-16(20)19-10-4-6-14(8-11-19)18-15-7-5-12-21-13-9-15/h14-15,18H,4-13H2,1-3H3. The van der Waals surface area contributed by atoms with Crippen molar-refractivity contribution in [1.29, 1.82) is 0 Å². The number of hydrogen-bond acceptors (Lipinski definition) is 4. The molecule has 5 heteroatoms. The lowest BCUT2D eigenvalue weighted by atomic mass is 10.0. The van der Waals surface area contributed by atoms with E-state index in [0.717, 1.165) is 58.4 Å². The summed E-state index contributed by atoms with van der Waals surface area (Å²) in [4.78, 5) is 14.0. The Morgan fingerprint density at radius 1 is 1.05 bits per heavy atom. The highest BCUT2D eigenvalue weighted by Gasteiger charge is 2.26. The number of carbonyl (C=O) groups is 1. The third kappa shape index (κ3) is 6.13. The quantitative estimate of drug-likeness (QED) is 0.852. The molecule has 2 aliphatic rings. The Labute approximate surface area is 134 Å². The lowest BCUT2D eigenvalue weighted by Gasteiger charge is -2.27. The topological polar surface area (TPSA) is 50.8 Å². The second kappa shape index (κ2) is 8.16. The number of rotatable bonds is 2. The number of amides is 1. The summed E-state index contributed by atoms with van der Waals surface area (Å²) in [5, 5.41) is 3.79. The third-order valence-electron chi connectivity index (χ3n) is 4.30. The molecule has 2 fully saturated rings. The Bertz CT molecular complexity index is 346.